The highest BCUT2D eigenvalue weighted by molar-refractivity contribution is 6.07. The van der Waals surface area contributed by atoms with Crippen molar-refractivity contribution in [3.63, 3.8) is 0 Å². The Morgan fingerprint density at radius 2 is 0.438 bits per heavy atom. The van der Waals surface area contributed by atoms with E-state index in [-0.39, 0.29) is 89.0 Å². The molecule has 13 heteroatoms. The second-order valence-electron chi connectivity index (χ2n) is 16.2. The van der Waals surface area contributed by atoms with Gasteiger partial charge in [0.15, 0.2) is 0 Å². The Bertz CT molecular complexity index is 3890. The summed E-state index contributed by atoms with van der Waals surface area (Å²) >= 11 is 0. The molecule has 326 valence electrons. The first-order chi connectivity index (χ1) is 35.6. The highest BCUT2D eigenvalue weighted by Gasteiger charge is 2.23. The first kappa shape index (κ1) is 45.6. The smallest absolute Gasteiger partial charge is 0.136 e. The normalized spacial score (nSPS) is 10.0. The van der Waals surface area contributed by atoms with Crippen molar-refractivity contribution < 1.29 is 4.42 Å². The number of rotatable bonds is 6. The van der Waals surface area contributed by atoms with Crippen molar-refractivity contribution in [1.29, 1.82) is 63.1 Å². The van der Waals surface area contributed by atoms with Crippen LogP contribution in [0.25, 0.3) is 88.7 Å². The lowest BCUT2D eigenvalue weighted by Crippen LogP contribution is -1.96. The molecule has 0 atom stereocenters. The molecule has 9 aromatic rings. The van der Waals surface area contributed by atoms with Gasteiger partial charge >= 0.3 is 0 Å². The van der Waals surface area contributed by atoms with Crippen LogP contribution >= 0.6 is 0 Å². The summed E-state index contributed by atoms with van der Waals surface area (Å²) in [5, 5.41) is 122. The van der Waals surface area contributed by atoms with Gasteiger partial charge in [-0.25, -0.2) is 0 Å². The topological polar surface area (TPSA) is 299 Å². The van der Waals surface area contributed by atoms with Crippen molar-refractivity contribution in [3.05, 3.63) is 188 Å². The van der Waals surface area contributed by atoms with Gasteiger partial charge in [-0.05, 0) is 154 Å². The lowest BCUT2D eigenvalue weighted by atomic mass is 9.86. The summed E-state index contributed by atoms with van der Waals surface area (Å²) in [7, 11) is 0. The van der Waals surface area contributed by atoms with Gasteiger partial charge in [0.25, 0.3) is 0 Å². The minimum Gasteiger partial charge on any atom is -0.456 e. The van der Waals surface area contributed by atoms with Crippen LogP contribution in [-0.4, -0.2) is 0 Å². The molecular formula is C60H20N12O. The molecule has 0 bridgehead atoms. The maximum absolute atomic E-state index is 10.3. The predicted molar refractivity (Wildman–Crippen MR) is 263 cm³/mol. The SMILES string of the molecule is N#Cc1cc(C#N)c(-c2cc(-c3ccc4c(c3)oc3cc(-c5cc(-c6c(C#N)cc(C#N)cc6C#N)cc(-c6c(C#N)cc(C#N)cc6C#N)c5)ccc34)cc(-c3c(C#N)cc(C#N)cc3C#N)c2)c(C#N)c1. The maximum atomic E-state index is 10.3. The van der Waals surface area contributed by atoms with Gasteiger partial charge in [0.2, 0.25) is 0 Å². The Hall–Kier alpha value is -12.6. The summed E-state index contributed by atoms with van der Waals surface area (Å²) in [5.74, 6) is 0. The summed E-state index contributed by atoms with van der Waals surface area (Å²) in [6.07, 6.45) is 0. The molecule has 0 fully saturated rings. The quantitative estimate of drug-likeness (QED) is 0.150. The number of hydrogen-bond acceptors (Lipinski definition) is 13. The fourth-order valence-corrected chi connectivity index (χ4v) is 9.08. The summed E-state index contributed by atoms with van der Waals surface area (Å²) in [6.45, 7) is 0. The van der Waals surface area contributed by atoms with Crippen molar-refractivity contribution in [2.75, 3.05) is 0 Å². The van der Waals surface area contributed by atoms with E-state index in [1.165, 1.54) is 48.5 Å². The van der Waals surface area contributed by atoms with Crippen molar-refractivity contribution in [2.45, 2.75) is 0 Å². The standard InChI is InChI=1S/C60H20N12O/c61-21-33-5-45(25-65)57(46(6-33)26-66)41-13-39(14-42(17-41)58-47(27-67)7-34(22-62)8-48(58)28-68)37-1-3-53-54-4-2-38(20-56(54)73-55(53)19-37)40-15-43(59-49(29-69)9-35(23-63)10-50(59)30-70)18-44(16-40)60-51(31-71)11-36(24-64)12-52(60)32-72/h1-20H. The van der Waals surface area contributed by atoms with Crippen LogP contribution in [0.15, 0.2) is 126 Å². The monoisotopic (exact) mass is 924 g/mol. The van der Waals surface area contributed by atoms with E-state index in [0.29, 0.717) is 55.7 Å². The molecule has 1 aromatic heterocycles. The van der Waals surface area contributed by atoms with E-state index in [1.807, 2.05) is 48.5 Å². The summed E-state index contributed by atoms with van der Waals surface area (Å²) in [4.78, 5) is 0. The predicted octanol–water partition coefficient (Wildman–Crippen LogP) is 12.0. The average Bonchev–Trinajstić information content (AvgIpc) is 3.82. The number of benzene rings is 8. The van der Waals surface area contributed by atoms with Gasteiger partial charge in [0, 0.05) is 33.0 Å². The van der Waals surface area contributed by atoms with Gasteiger partial charge in [-0.15, -0.1) is 0 Å². The van der Waals surface area contributed by atoms with Crippen molar-refractivity contribution >= 4 is 21.9 Å². The van der Waals surface area contributed by atoms with Crippen LogP contribution in [0, 0.1) is 136 Å². The van der Waals surface area contributed by atoms with Gasteiger partial charge in [0.05, 0.1) is 140 Å². The first-order valence-electron chi connectivity index (χ1n) is 21.4. The average molecular weight is 925 g/mol. The zero-order chi connectivity index (χ0) is 51.5. The van der Waals surface area contributed by atoms with E-state index in [2.05, 4.69) is 48.6 Å². The van der Waals surface area contributed by atoms with Crippen molar-refractivity contribution in [2.24, 2.45) is 0 Å². The van der Waals surface area contributed by atoms with Crippen LogP contribution in [0.5, 0.6) is 0 Å². The highest BCUT2D eigenvalue weighted by Crippen LogP contribution is 2.43. The van der Waals surface area contributed by atoms with Crippen LogP contribution in [0.1, 0.15) is 66.8 Å². The maximum Gasteiger partial charge on any atom is 0.136 e. The van der Waals surface area contributed by atoms with Crippen molar-refractivity contribution in [1.82, 2.24) is 0 Å². The highest BCUT2D eigenvalue weighted by atomic mass is 16.3. The number of fused-ring (bicyclic) bond motifs is 3. The van der Waals surface area contributed by atoms with Crippen LogP contribution in [0.2, 0.25) is 0 Å². The third kappa shape index (κ3) is 7.91. The fraction of sp³-hybridized carbons (Fsp3) is 0. The largest absolute Gasteiger partial charge is 0.456 e. The van der Waals surface area contributed by atoms with E-state index < -0.39 is 0 Å². The van der Waals surface area contributed by atoms with Gasteiger partial charge in [0.1, 0.15) is 11.2 Å². The molecule has 0 radical (unpaired) electrons. The summed E-state index contributed by atoms with van der Waals surface area (Å²) < 4.78 is 6.56. The second kappa shape index (κ2) is 18.6. The molecule has 0 amide bonds. The van der Waals surface area contributed by atoms with Gasteiger partial charge < -0.3 is 4.42 Å². The molecule has 8 aromatic carbocycles. The zero-order valence-electron chi connectivity index (χ0n) is 37.3. The van der Waals surface area contributed by atoms with Crippen LogP contribution in [0.3, 0.4) is 0 Å². The molecule has 0 aliphatic rings. The summed E-state index contributed by atoms with van der Waals surface area (Å²) in [6, 6.07) is 56.9. The molecule has 0 spiro atoms. The Morgan fingerprint density at radius 1 is 0.219 bits per heavy atom. The second-order valence-corrected chi connectivity index (χ2v) is 16.2. The Labute approximate surface area is 415 Å². The molecular weight excluding hydrogens is 905 g/mol. The number of hydrogen-bond donors (Lipinski definition) is 0. The fourth-order valence-electron chi connectivity index (χ4n) is 9.08. The van der Waals surface area contributed by atoms with E-state index >= 15 is 0 Å². The molecule has 73 heavy (non-hydrogen) atoms. The van der Waals surface area contributed by atoms with E-state index in [1.54, 1.807) is 48.5 Å². The molecule has 0 N–H and O–H groups in total. The Balaban J connectivity index is 1.26. The molecule has 0 aliphatic carbocycles. The van der Waals surface area contributed by atoms with Crippen LogP contribution in [0.4, 0.5) is 0 Å². The number of nitrogens with zero attached hydrogens (tertiary/aromatic N) is 12. The third-order valence-electron chi connectivity index (χ3n) is 12.2. The molecule has 0 saturated carbocycles. The van der Waals surface area contributed by atoms with E-state index in [0.717, 1.165) is 10.8 Å². The third-order valence-corrected chi connectivity index (χ3v) is 12.2. The van der Waals surface area contributed by atoms with Crippen LogP contribution in [-0.2, 0) is 0 Å². The summed E-state index contributed by atoms with van der Waals surface area (Å²) in [5.41, 5.74) is 6.25. The Morgan fingerprint density at radius 3 is 0.644 bits per heavy atom. The van der Waals surface area contributed by atoms with Gasteiger partial charge in [-0.3, -0.25) is 0 Å². The minimum atomic E-state index is 0.0431. The van der Waals surface area contributed by atoms with Gasteiger partial charge in [-0.1, -0.05) is 12.1 Å². The molecule has 9 rings (SSSR count). The van der Waals surface area contributed by atoms with E-state index in [9.17, 15) is 63.1 Å². The molecule has 0 saturated heterocycles. The van der Waals surface area contributed by atoms with Crippen molar-refractivity contribution in [3.8, 4) is 140 Å². The molecule has 0 aliphatic heterocycles. The molecule has 13 nitrogen and oxygen atoms in total. The van der Waals surface area contributed by atoms with E-state index in [4.69, 9.17) is 4.42 Å². The van der Waals surface area contributed by atoms with Crippen LogP contribution < -0.4 is 0 Å². The Kier molecular flexibility index (Phi) is 11.6. The number of furan rings is 1. The molecule has 1 heterocycles. The van der Waals surface area contributed by atoms with Gasteiger partial charge in [-0.2, -0.15) is 63.1 Å². The molecule has 0 unspecified atom stereocenters. The first-order valence-corrected chi connectivity index (χ1v) is 21.4. The lowest BCUT2D eigenvalue weighted by Gasteiger charge is -2.15. The number of nitriles is 12. The minimum absolute atomic E-state index is 0.0431. The zero-order valence-corrected chi connectivity index (χ0v) is 37.3. The lowest BCUT2D eigenvalue weighted by molar-refractivity contribution is 0.669.